The van der Waals surface area contributed by atoms with Crippen LogP contribution in [0.4, 0.5) is 4.79 Å². The topological polar surface area (TPSA) is 90.8 Å². The van der Waals surface area contributed by atoms with E-state index in [9.17, 15) is 9.59 Å². The molecule has 3 rings (SSSR count). The van der Waals surface area contributed by atoms with Crippen LogP contribution in [0.5, 0.6) is 5.75 Å². The van der Waals surface area contributed by atoms with Crippen molar-refractivity contribution in [2.75, 3.05) is 26.9 Å². The van der Waals surface area contributed by atoms with E-state index in [0.717, 1.165) is 29.3 Å². The van der Waals surface area contributed by atoms with Gasteiger partial charge in [0.15, 0.2) is 0 Å². The van der Waals surface area contributed by atoms with Gasteiger partial charge in [-0.3, -0.25) is 4.79 Å². The number of fused-ring (bicyclic) bond motifs is 1. The highest BCUT2D eigenvalue weighted by atomic mass is 16.5. The van der Waals surface area contributed by atoms with Crippen molar-refractivity contribution in [3.8, 4) is 5.75 Å². The summed E-state index contributed by atoms with van der Waals surface area (Å²) in [5, 5.41) is 6.62. The summed E-state index contributed by atoms with van der Waals surface area (Å²) in [5.41, 5.74) is 2.39. The number of methoxy groups -OCH3 is 1. The monoisotopic (exact) mass is 481 g/mol. The van der Waals surface area contributed by atoms with Gasteiger partial charge in [-0.1, -0.05) is 42.5 Å². The van der Waals surface area contributed by atoms with Crippen molar-refractivity contribution in [1.82, 2.24) is 15.2 Å². The van der Waals surface area contributed by atoms with Crippen LogP contribution in [0, 0.1) is 0 Å². The fourth-order valence-electron chi connectivity index (χ4n) is 3.77. The molecule has 0 bridgehead atoms. The van der Waals surface area contributed by atoms with Crippen molar-refractivity contribution >= 4 is 22.9 Å². The summed E-state index contributed by atoms with van der Waals surface area (Å²) in [6, 6.07) is 17.2. The summed E-state index contributed by atoms with van der Waals surface area (Å²) in [4.78, 5) is 24.9. The number of nitrogens with zero attached hydrogens (tertiary/aromatic N) is 1. The zero-order chi connectivity index (χ0) is 25.0. The van der Waals surface area contributed by atoms with Gasteiger partial charge < -0.3 is 29.4 Å². The molecule has 1 aromatic heterocycles. The maximum absolute atomic E-state index is 12.9. The van der Waals surface area contributed by atoms with Crippen molar-refractivity contribution in [2.45, 2.75) is 45.9 Å². The fraction of sp³-hybridized carbons (Fsp3) is 0.407. The molecule has 0 saturated carbocycles. The van der Waals surface area contributed by atoms with Gasteiger partial charge in [-0.15, -0.1) is 0 Å². The molecule has 2 aromatic carbocycles. The van der Waals surface area contributed by atoms with Crippen LogP contribution >= 0.6 is 0 Å². The van der Waals surface area contributed by atoms with Gasteiger partial charge in [0, 0.05) is 31.7 Å². The van der Waals surface area contributed by atoms with E-state index in [4.69, 9.17) is 14.2 Å². The van der Waals surface area contributed by atoms with E-state index < -0.39 is 6.09 Å². The number of rotatable bonds is 13. The number of carbonyl (C=O) groups excluding carboxylic acids is 2. The number of carbonyl (C=O) groups is 2. The van der Waals surface area contributed by atoms with Crippen LogP contribution in [0.15, 0.2) is 54.6 Å². The molecule has 0 aliphatic rings. The Balaban J connectivity index is 1.65. The standard InChI is InChI=1S/C27H35N3O5/c1-20(2)29-26(31)23-18-22-12-9-13-24(25(22)30(23)15-7-8-16-33-3)34-17-14-28-27(32)35-19-21-10-5-4-6-11-21/h4-6,9-13,18,20H,7-8,14-17,19H2,1-3H3,(H,28,32)(H,29,31). The lowest BCUT2D eigenvalue weighted by Crippen LogP contribution is -2.31. The zero-order valence-electron chi connectivity index (χ0n) is 20.7. The van der Waals surface area contributed by atoms with Gasteiger partial charge in [0.2, 0.25) is 0 Å². The highest BCUT2D eigenvalue weighted by molar-refractivity contribution is 6.00. The summed E-state index contributed by atoms with van der Waals surface area (Å²) < 4.78 is 18.4. The first-order chi connectivity index (χ1) is 17.0. The highest BCUT2D eigenvalue weighted by Crippen LogP contribution is 2.30. The smallest absolute Gasteiger partial charge is 0.407 e. The van der Waals surface area contributed by atoms with E-state index in [-0.39, 0.29) is 25.2 Å². The minimum absolute atomic E-state index is 0.0332. The Morgan fingerprint density at radius 3 is 2.54 bits per heavy atom. The molecular weight excluding hydrogens is 446 g/mol. The Kier molecular flexibility index (Phi) is 9.98. The number of aromatic nitrogens is 1. The number of alkyl carbamates (subject to hydrolysis) is 1. The van der Waals surface area contributed by atoms with Gasteiger partial charge in [0.1, 0.15) is 24.7 Å². The van der Waals surface area contributed by atoms with Gasteiger partial charge in [-0.2, -0.15) is 0 Å². The third-order valence-electron chi connectivity index (χ3n) is 5.36. The third kappa shape index (κ3) is 7.75. The molecule has 1 heterocycles. The van der Waals surface area contributed by atoms with Crippen molar-refractivity contribution < 1.29 is 23.8 Å². The first-order valence-corrected chi connectivity index (χ1v) is 12.0. The van der Waals surface area contributed by atoms with Crippen molar-refractivity contribution in [3.63, 3.8) is 0 Å². The lowest BCUT2D eigenvalue weighted by Gasteiger charge is -2.15. The lowest BCUT2D eigenvalue weighted by atomic mass is 10.2. The van der Waals surface area contributed by atoms with Crippen LogP contribution in [0.25, 0.3) is 10.9 Å². The number of benzene rings is 2. The second-order valence-electron chi connectivity index (χ2n) is 8.54. The number of ether oxygens (including phenoxy) is 3. The molecule has 0 fully saturated rings. The summed E-state index contributed by atoms with van der Waals surface area (Å²) >= 11 is 0. The molecule has 0 aliphatic carbocycles. The van der Waals surface area contributed by atoms with Crippen LogP contribution in [-0.2, 0) is 22.6 Å². The molecule has 2 N–H and O–H groups in total. The molecule has 8 heteroatoms. The number of aryl methyl sites for hydroxylation is 1. The summed E-state index contributed by atoms with van der Waals surface area (Å²) in [6.45, 7) is 5.98. The minimum Gasteiger partial charge on any atom is -0.490 e. The van der Waals surface area contributed by atoms with Gasteiger partial charge in [0.25, 0.3) is 5.91 Å². The molecule has 35 heavy (non-hydrogen) atoms. The number of para-hydroxylation sites is 1. The van der Waals surface area contributed by atoms with Gasteiger partial charge in [-0.25, -0.2) is 4.79 Å². The van der Waals surface area contributed by atoms with E-state index in [1.54, 1.807) is 7.11 Å². The summed E-state index contributed by atoms with van der Waals surface area (Å²) in [6.07, 6.45) is 1.26. The number of unbranched alkanes of at least 4 members (excludes halogenated alkanes) is 1. The van der Waals surface area contributed by atoms with E-state index in [1.165, 1.54) is 0 Å². The molecule has 188 valence electrons. The average Bonchev–Trinajstić information content (AvgIpc) is 3.23. The average molecular weight is 482 g/mol. The number of hydrogen-bond donors (Lipinski definition) is 2. The normalized spacial score (nSPS) is 11.0. The Hall–Kier alpha value is -3.52. The molecule has 3 aromatic rings. The van der Waals surface area contributed by atoms with Crippen molar-refractivity contribution in [2.24, 2.45) is 0 Å². The molecule has 0 spiro atoms. The summed E-state index contributed by atoms with van der Waals surface area (Å²) in [5.74, 6) is 0.550. The minimum atomic E-state index is -0.496. The highest BCUT2D eigenvalue weighted by Gasteiger charge is 2.19. The van der Waals surface area contributed by atoms with Crippen molar-refractivity contribution in [3.05, 3.63) is 65.9 Å². The Bertz CT molecular complexity index is 1090. The Morgan fingerprint density at radius 1 is 1.00 bits per heavy atom. The first kappa shape index (κ1) is 26.1. The van der Waals surface area contributed by atoms with Gasteiger partial charge >= 0.3 is 6.09 Å². The zero-order valence-corrected chi connectivity index (χ0v) is 20.7. The molecular formula is C27H35N3O5. The maximum Gasteiger partial charge on any atom is 0.407 e. The van der Waals surface area contributed by atoms with Crippen LogP contribution in [-0.4, -0.2) is 49.5 Å². The quantitative estimate of drug-likeness (QED) is 0.351. The van der Waals surface area contributed by atoms with Crippen LogP contribution in [0.1, 0.15) is 42.7 Å². The Morgan fingerprint density at radius 2 is 1.80 bits per heavy atom. The van der Waals surface area contributed by atoms with E-state index in [2.05, 4.69) is 10.6 Å². The van der Waals surface area contributed by atoms with Crippen LogP contribution in [0.2, 0.25) is 0 Å². The number of amides is 2. The molecule has 0 aliphatic heterocycles. The number of hydrogen-bond acceptors (Lipinski definition) is 5. The molecule has 0 atom stereocenters. The molecule has 0 radical (unpaired) electrons. The molecule has 8 nitrogen and oxygen atoms in total. The fourth-order valence-corrected chi connectivity index (χ4v) is 3.77. The Labute approximate surface area is 206 Å². The first-order valence-electron chi connectivity index (χ1n) is 12.0. The largest absolute Gasteiger partial charge is 0.490 e. The lowest BCUT2D eigenvalue weighted by molar-refractivity contribution is 0.0933. The summed E-state index contributed by atoms with van der Waals surface area (Å²) in [7, 11) is 1.68. The number of nitrogens with one attached hydrogen (secondary N) is 2. The van der Waals surface area contributed by atoms with Gasteiger partial charge in [0.05, 0.1) is 12.1 Å². The maximum atomic E-state index is 12.9. The molecule has 2 amide bonds. The third-order valence-corrected chi connectivity index (χ3v) is 5.36. The molecule has 0 saturated heterocycles. The second-order valence-corrected chi connectivity index (χ2v) is 8.54. The van der Waals surface area contributed by atoms with Crippen molar-refractivity contribution in [1.29, 1.82) is 0 Å². The van der Waals surface area contributed by atoms with Crippen LogP contribution < -0.4 is 15.4 Å². The van der Waals surface area contributed by atoms with E-state index in [1.807, 2.05) is 73.0 Å². The second kappa shape index (κ2) is 13.4. The van der Waals surface area contributed by atoms with Gasteiger partial charge in [-0.05, 0) is 44.4 Å². The predicted octanol–water partition coefficient (Wildman–Crippen LogP) is 4.51. The predicted molar refractivity (Wildman–Crippen MR) is 136 cm³/mol. The van der Waals surface area contributed by atoms with E-state index in [0.29, 0.717) is 31.1 Å². The molecule has 0 unspecified atom stereocenters. The van der Waals surface area contributed by atoms with Crippen LogP contribution in [0.3, 0.4) is 0 Å². The SMILES string of the molecule is COCCCCn1c(C(=O)NC(C)C)cc2cccc(OCCNC(=O)OCc3ccccc3)c21. The van der Waals surface area contributed by atoms with E-state index >= 15 is 0 Å².